The zero-order valence-electron chi connectivity index (χ0n) is 14.4. The van der Waals surface area contributed by atoms with Crippen LogP contribution in [0.3, 0.4) is 0 Å². The normalized spacial score (nSPS) is 16.9. The predicted molar refractivity (Wildman–Crippen MR) is 87.1 cm³/mol. The van der Waals surface area contributed by atoms with Crippen LogP contribution in [0.15, 0.2) is 4.99 Å². The maximum Gasteiger partial charge on any atom is 0.407 e. The first-order valence-electron chi connectivity index (χ1n) is 7.84. The molecule has 1 atom stereocenters. The van der Waals surface area contributed by atoms with E-state index in [1.807, 2.05) is 13.8 Å². The lowest BCUT2D eigenvalue weighted by atomic mass is 10.1. The number of nitrogens with one attached hydrogen (secondary N) is 3. The van der Waals surface area contributed by atoms with Gasteiger partial charge in [-0.15, -0.1) is 0 Å². The topological polar surface area (TPSA) is 84.0 Å². The molecule has 3 N–H and O–H groups in total. The van der Waals surface area contributed by atoms with E-state index in [2.05, 4.69) is 20.9 Å². The maximum absolute atomic E-state index is 11.6. The van der Waals surface area contributed by atoms with Gasteiger partial charge in [0.25, 0.3) is 0 Å². The number of amides is 1. The Labute approximate surface area is 133 Å². The molecule has 0 aromatic carbocycles. The minimum atomic E-state index is -0.357. The molecular weight excluding hydrogens is 284 g/mol. The highest BCUT2D eigenvalue weighted by Gasteiger charge is 2.32. The molecule has 0 aromatic rings. The second-order valence-electron chi connectivity index (χ2n) is 6.08. The van der Waals surface area contributed by atoms with Gasteiger partial charge in [0.15, 0.2) is 5.96 Å². The summed E-state index contributed by atoms with van der Waals surface area (Å²) in [5.74, 6) is 1.21. The molecular formula is C15H30N4O3. The van der Waals surface area contributed by atoms with E-state index in [-0.39, 0.29) is 17.7 Å². The molecule has 7 nitrogen and oxygen atoms in total. The summed E-state index contributed by atoms with van der Waals surface area (Å²) in [5.41, 5.74) is -0.267. The van der Waals surface area contributed by atoms with Gasteiger partial charge in [0, 0.05) is 27.2 Å². The van der Waals surface area contributed by atoms with Crippen molar-refractivity contribution in [3.05, 3.63) is 0 Å². The lowest BCUT2D eigenvalue weighted by molar-refractivity contribution is 0.0268. The Balaban J connectivity index is 2.40. The number of carbonyl (C=O) groups excluding carboxylic acids is 1. The minimum absolute atomic E-state index is 0.0630. The van der Waals surface area contributed by atoms with E-state index in [1.165, 1.54) is 0 Å². The lowest BCUT2D eigenvalue weighted by Gasteiger charge is -2.25. The molecule has 1 aliphatic carbocycles. The quantitative estimate of drug-likeness (QED) is 0.461. The van der Waals surface area contributed by atoms with Crippen molar-refractivity contribution in [1.82, 2.24) is 16.0 Å². The van der Waals surface area contributed by atoms with E-state index < -0.39 is 0 Å². The summed E-state index contributed by atoms with van der Waals surface area (Å²) in [7, 11) is 3.41. The molecule has 1 amide bonds. The number of hydrogen-bond acceptors (Lipinski definition) is 4. The number of alkyl carbamates (subject to hydrolysis) is 1. The number of nitrogens with zero attached hydrogens (tertiary/aromatic N) is 1. The number of rotatable bonds is 8. The molecule has 7 heteroatoms. The van der Waals surface area contributed by atoms with E-state index in [4.69, 9.17) is 9.47 Å². The highest BCUT2D eigenvalue weighted by molar-refractivity contribution is 5.79. The van der Waals surface area contributed by atoms with Crippen LogP contribution in [-0.2, 0) is 9.47 Å². The van der Waals surface area contributed by atoms with E-state index in [9.17, 15) is 4.79 Å². The van der Waals surface area contributed by atoms with Gasteiger partial charge < -0.3 is 25.4 Å². The van der Waals surface area contributed by atoms with Gasteiger partial charge in [0.1, 0.15) is 0 Å². The fourth-order valence-corrected chi connectivity index (χ4v) is 1.95. The highest BCUT2D eigenvalue weighted by Crippen LogP contribution is 2.32. The molecule has 22 heavy (non-hydrogen) atoms. The van der Waals surface area contributed by atoms with Crippen molar-refractivity contribution in [3.8, 4) is 0 Å². The number of methoxy groups -OCH3 is 1. The van der Waals surface area contributed by atoms with Crippen molar-refractivity contribution in [2.75, 3.05) is 33.9 Å². The molecule has 0 radical (unpaired) electrons. The molecule has 0 heterocycles. The molecule has 1 unspecified atom stereocenters. The van der Waals surface area contributed by atoms with E-state index in [1.54, 1.807) is 21.1 Å². The van der Waals surface area contributed by atoms with Crippen LogP contribution < -0.4 is 16.0 Å². The molecule has 0 saturated heterocycles. The number of ether oxygens (including phenoxy) is 2. The number of guanidine groups is 1. The second kappa shape index (κ2) is 8.82. The van der Waals surface area contributed by atoms with Gasteiger partial charge in [-0.2, -0.15) is 0 Å². The van der Waals surface area contributed by atoms with Crippen LogP contribution in [0.4, 0.5) is 4.79 Å². The summed E-state index contributed by atoms with van der Waals surface area (Å²) >= 11 is 0. The zero-order chi connectivity index (χ0) is 16.6. The molecule has 1 fully saturated rings. The molecule has 0 aromatic heterocycles. The Morgan fingerprint density at radius 3 is 2.55 bits per heavy atom. The van der Waals surface area contributed by atoms with Gasteiger partial charge in [-0.25, -0.2) is 4.79 Å². The lowest BCUT2D eigenvalue weighted by Crippen LogP contribution is -2.50. The number of hydrogen-bond donors (Lipinski definition) is 3. The van der Waals surface area contributed by atoms with Crippen molar-refractivity contribution in [2.24, 2.45) is 10.9 Å². The Bertz CT molecular complexity index is 381. The fraction of sp³-hybridized carbons (Fsp3) is 0.867. The summed E-state index contributed by atoms with van der Waals surface area (Å²) in [4.78, 5) is 15.8. The summed E-state index contributed by atoms with van der Waals surface area (Å²) < 4.78 is 10.3. The predicted octanol–water partition coefficient (Wildman–Crippen LogP) is 1.10. The van der Waals surface area contributed by atoms with Crippen LogP contribution in [0.2, 0.25) is 0 Å². The Morgan fingerprint density at radius 1 is 1.36 bits per heavy atom. The molecule has 1 saturated carbocycles. The first-order valence-corrected chi connectivity index (χ1v) is 7.84. The minimum Gasteiger partial charge on any atom is -0.450 e. The molecule has 0 aliphatic heterocycles. The number of aliphatic imine (C=N–C) groups is 1. The van der Waals surface area contributed by atoms with Gasteiger partial charge in [0.05, 0.1) is 18.2 Å². The van der Waals surface area contributed by atoms with Gasteiger partial charge in [-0.05, 0) is 39.5 Å². The average molecular weight is 314 g/mol. The van der Waals surface area contributed by atoms with Crippen LogP contribution >= 0.6 is 0 Å². The van der Waals surface area contributed by atoms with Crippen molar-refractivity contribution in [1.29, 1.82) is 0 Å². The molecule has 1 aliphatic rings. The van der Waals surface area contributed by atoms with Gasteiger partial charge >= 0.3 is 6.09 Å². The first-order chi connectivity index (χ1) is 10.4. The zero-order valence-corrected chi connectivity index (χ0v) is 14.4. The summed E-state index contributed by atoms with van der Waals surface area (Å²) in [6.07, 6.45) is 1.92. The van der Waals surface area contributed by atoms with Crippen LogP contribution in [0.5, 0.6) is 0 Å². The third-order valence-corrected chi connectivity index (χ3v) is 3.72. The van der Waals surface area contributed by atoms with Crippen LogP contribution in [0.1, 0.15) is 33.6 Å². The van der Waals surface area contributed by atoms with E-state index in [0.29, 0.717) is 31.6 Å². The average Bonchev–Trinajstić information content (AvgIpc) is 3.31. The molecule has 0 spiro atoms. The SMILES string of the molecule is CCOC(=O)NC(CNC(=NC)NCC(C)(C)OC)C1CC1. The summed E-state index contributed by atoms with van der Waals surface area (Å²) in [6, 6.07) is 0.0630. The Morgan fingerprint density at radius 2 is 2.05 bits per heavy atom. The second-order valence-corrected chi connectivity index (χ2v) is 6.08. The number of carbonyl (C=O) groups is 1. The fourth-order valence-electron chi connectivity index (χ4n) is 1.95. The summed E-state index contributed by atoms with van der Waals surface area (Å²) in [6.45, 7) is 7.45. The molecule has 0 bridgehead atoms. The molecule has 128 valence electrons. The van der Waals surface area contributed by atoms with Crippen molar-refractivity contribution in [3.63, 3.8) is 0 Å². The third-order valence-electron chi connectivity index (χ3n) is 3.72. The Kier molecular flexibility index (Phi) is 7.44. The van der Waals surface area contributed by atoms with Crippen LogP contribution in [0, 0.1) is 5.92 Å². The first kappa shape index (κ1) is 18.5. The monoisotopic (exact) mass is 314 g/mol. The molecule has 1 rings (SSSR count). The van der Waals surface area contributed by atoms with Crippen molar-refractivity contribution in [2.45, 2.75) is 45.3 Å². The van der Waals surface area contributed by atoms with E-state index >= 15 is 0 Å². The summed E-state index contributed by atoms with van der Waals surface area (Å²) in [5, 5.41) is 9.38. The van der Waals surface area contributed by atoms with Crippen molar-refractivity contribution < 1.29 is 14.3 Å². The standard InChI is InChI=1S/C15H30N4O3/c1-6-22-14(20)19-12(11-7-8-11)9-17-13(16-4)18-10-15(2,3)21-5/h11-12H,6-10H2,1-5H3,(H,19,20)(H2,16,17,18). The van der Waals surface area contributed by atoms with Gasteiger partial charge in [0.2, 0.25) is 0 Å². The van der Waals surface area contributed by atoms with Gasteiger partial charge in [-0.3, -0.25) is 4.99 Å². The third kappa shape index (κ3) is 6.98. The largest absolute Gasteiger partial charge is 0.450 e. The maximum atomic E-state index is 11.6. The van der Waals surface area contributed by atoms with Crippen molar-refractivity contribution >= 4 is 12.1 Å². The van der Waals surface area contributed by atoms with Crippen LogP contribution in [0.25, 0.3) is 0 Å². The smallest absolute Gasteiger partial charge is 0.407 e. The Hall–Kier alpha value is -1.50. The van der Waals surface area contributed by atoms with E-state index in [0.717, 1.165) is 12.8 Å². The van der Waals surface area contributed by atoms with Gasteiger partial charge in [-0.1, -0.05) is 0 Å². The highest BCUT2D eigenvalue weighted by atomic mass is 16.5. The van der Waals surface area contributed by atoms with Crippen LogP contribution in [-0.4, -0.2) is 57.5 Å².